The molecule has 1 amide bonds. The van der Waals surface area contributed by atoms with E-state index in [2.05, 4.69) is 0 Å². The minimum atomic E-state index is -3.80. The molecule has 2 rings (SSSR count). The van der Waals surface area contributed by atoms with Crippen LogP contribution >= 0.6 is 0 Å². The van der Waals surface area contributed by atoms with Crippen molar-refractivity contribution >= 4 is 31.5 Å². The van der Waals surface area contributed by atoms with Gasteiger partial charge in [-0.25, -0.2) is 22.0 Å². The number of sulfonamides is 1. The van der Waals surface area contributed by atoms with E-state index in [0.717, 1.165) is 6.26 Å². The Morgan fingerprint density at radius 1 is 1.25 bits per heavy atom. The number of nitrogens with zero attached hydrogens (tertiary/aromatic N) is 1. The Hall–Kier alpha value is -1.45. The summed E-state index contributed by atoms with van der Waals surface area (Å²) >= 11 is 0. The first-order valence-electron chi connectivity index (χ1n) is 5.71. The van der Waals surface area contributed by atoms with Crippen molar-refractivity contribution < 1.29 is 21.6 Å². The van der Waals surface area contributed by atoms with Crippen molar-refractivity contribution in [1.29, 1.82) is 0 Å². The van der Waals surface area contributed by atoms with Crippen LogP contribution in [0.1, 0.15) is 6.42 Å². The highest BCUT2D eigenvalue weighted by Gasteiger charge is 2.37. The zero-order valence-corrected chi connectivity index (χ0v) is 12.3. The molecule has 9 heteroatoms. The summed E-state index contributed by atoms with van der Waals surface area (Å²) in [7, 11) is -7.19. The first-order valence-corrected chi connectivity index (χ1v) is 9.21. The van der Waals surface area contributed by atoms with Gasteiger partial charge in [-0.2, -0.15) is 0 Å². The minimum absolute atomic E-state index is 0.0646. The van der Waals surface area contributed by atoms with Gasteiger partial charge in [-0.1, -0.05) is 6.07 Å². The molecule has 1 aromatic rings. The first kappa shape index (κ1) is 14.9. The van der Waals surface area contributed by atoms with Crippen LogP contribution in [0.2, 0.25) is 0 Å². The molecule has 1 atom stereocenters. The molecule has 0 radical (unpaired) electrons. The van der Waals surface area contributed by atoms with Gasteiger partial charge in [-0.05, 0) is 18.2 Å². The van der Waals surface area contributed by atoms with Crippen LogP contribution in [0.3, 0.4) is 0 Å². The molecular weight excluding hydrogens is 304 g/mol. The molecule has 1 fully saturated rings. The quantitative estimate of drug-likeness (QED) is 0.805. The third-order valence-corrected chi connectivity index (χ3v) is 5.47. The fourth-order valence-corrected chi connectivity index (χ4v) is 3.42. The Bertz CT molecular complexity index is 755. The van der Waals surface area contributed by atoms with Gasteiger partial charge >= 0.3 is 0 Å². The van der Waals surface area contributed by atoms with E-state index < -0.39 is 31.0 Å². The van der Waals surface area contributed by atoms with Crippen molar-refractivity contribution in [2.45, 2.75) is 16.6 Å². The Morgan fingerprint density at radius 3 is 2.40 bits per heavy atom. The van der Waals surface area contributed by atoms with Crippen molar-refractivity contribution in [3.05, 3.63) is 24.3 Å². The fourth-order valence-electron chi connectivity index (χ4n) is 2.03. The molecule has 1 saturated heterocycles. The van der Waals surface area contributed by atoms with Gasteiger partial charge in [0.05, 0.1) is 4.90 Å². The third-order valence-electron chi connectivity index (χ3n) is 3.11. The van der Waals surface area contributed by atoms with Gasteiger partial charge in [-0.3, -0.25) is 4.79 Å². The van der Waals surface area contributed by atoms with Gasteiger partial charge in [0.15, 0.2) is 9.84 Å². The van der Waals surface area contributed by atoms with Crippen LogP contribution in [0.25, 0.3) is 0 Å². The normalized spacial score (nSPS) is 20.4. The molecule has 1 unspecified atom stereocenters. The van der Waals surface area contributed by atoms with E-state index >= 15 is 0 Å². The molecule has 0 aromatic heterocycles. The second kappa shape index (κ2) is 4.83. The van der Waals surface area contributed by atoms with Crippen LogP contribution in [-0.4, -0.2) is 40.8 Å². The highest BCUT2D eigenvalue weighted by molar-refractivity contribution is 7.90. The van der Waals surface area contributed by atoms with Crippen LogP contribution in [0.5, 0.6) is 0 Å². The van der Waals surface area contributed by atoms with Gasteiger partial charge in [-0.15, -0.1) is 0 Å². The summed E-state index contributed by atoms with van der Waals surface area (Å²) in [5.41, 5.74) is 0.351. The second-order valence-electron chi connectivity index (χ2n) is 4.69. The predicted octanol–water partition coefficient (Wildman–Crippen LogP) is -0.516. The van der Waals surface area contributed by atoms with Crippen LogP contribution in [0.4, 0.5) is 5.69 Å². The first-order chi connectivity index (χ1) is 9.09. The average Bonchev–Trinajstić information content (AvgIpc) is 2.70. The molecule has 110 valence electrons. The summed E-state index contributed by atoms with van der Waals surface area (Å²) in [6.45, 7) is -0.0646. The predicted molar refractivity (Wildman–Crippen MR) is 73.4 cm³/mol. The van der Waals surface area contributed by atoms with Crippen molar-refractivity contribution in [3.8, 4) is 0 Å². The second-order valence-corrected chi connectivity index (χ2v) is 8.55. The lowest BCUT2D eigenvalue weighted by Gasteiger charge is -2.17. The molecule has 1 aromatic carbocycles. The van der Waals surface area contributed by atoms with Gasteiger partial charge in [0.2, 0.25) is 15.9 Å². The van der Waals surface area contributed by atoms with Crippen molar-refractivity contribution in [2.75, 3.05) is 17.7 Å². The standard InChI is InChI=1S/C11H14N2O5S2/c1-19(15,16)9-4-2-3-8(5-9)13-7-10(6-11(13)14)20(12,17)18/h2-5,10H,6-7H2,1H3,(H2,12,17,18). The van der Waals surface area contributed by atoms with Crippen molar-refractivity contribution in [3.63, 3.8) is 0 Å². The molecule has 1 heterocycles. The summed E-state index contributed by atoms with van der Waals surface area (Å²) < 4.78 is 45.5. The number of amides is 1. The topological polar surface area (TPSA) is 115 Å². The van der Waals surface area contributed by atoms with Crippen molar-refractivity contribution in [2.24, 2.45) is 5.14 Å². The summed E-state index contributed by atoms with van der Waals surface area (Å²) in [6.07, 6.45) is 0.868. The number of sulfone groups is 1. The van der Waals surface area contributed by atoms with Crippen LogP contribution in [-0.2, 0) is 24.7 Å². The monoisotopic (exact) mass is 318 g/mol. The maximum Gasteiger partial charge on any atom is 0.228 e. The highest BCUT2D eigenvalue weighted by atomic mass is 32.2. The Morgan fingerprint density at radius 2 is 1.90 bits per heavy atom. The molecular formula is C11H14N2O5S2. The van der Waals surface area contributed by atoms with Crippen LogP contribution in [0, 0.1) is 0 Å². The summed E-state index contributed by atoms with van der Waals surface area (Å²) in [5.74, 6) is -0.394. The Kier molecular flexibility index (Phi) is 3.61. The number of benzene rings is 1. The van der Waals surface area contributed by atoms with Gasteiger partial charge in [0, 0.05) is 24.9 Å². The number of anilines is 1. The lowest BCUT2D eigenvalue weighted by Crippen LogP contribution is -2.32. The lowest BCUT2D eigenvalue weighted by atomic mass is 10.3. The zero-order valence-electron chi connectivity index (χ0n) is 10.7. The number of carbonyl (C=O) groups excluding carboxylic acids is 1. The van der Waals surface area contributed by atoms with E-state index in [-0.39, 0.29) is 17.9 Å². The molecule has 7 nitrogen and oxygen atoms in total. The highest BCUT2D eigenvalue weighted by Crippen LogP contribution is 2.26. The number of carbonyl (C=O) groups is 1. The fraction of sp³-hybridized carbons (Fsp3) is 0.364. The number of nitrogens with two attached hydrogens (primary N) is 1. The lowest BCUT2D eigenvalue weighted by molar-refractivity contribution is -0.117. The van der Waals surface area contributed by atoms with E-state index in [9.17, 15) is 21.6 Å². The van der Waals surface area contributed by atoms with Gasteiger partial charge < -0.3 is 4.90 Å². The van der Waals surface area contributed by atoms with E-state index in [1.165, 1.54) is 23.1 Å². The summed E-state index contributed by atoms with van der Waals surface area (Å²) in [4.78, 5) is 13.2. The largest absolute Gasteiger partial charge is 0.311 e. The molecule has 1 aliphatic rings. The molecule has 0 bridgehead atoms. The molecule has 0 aliphatic carbocycles. The molecule has 2 N–H and O–H groups in total. The Labute approximate surface area is 117 Å². The van der Waals surface area contributed by atoms with Gasteiger partial charge in [0.25, 0.3) is 0 Å². The summed E-state index contributed by atoms with van der Waals surface area (Å²) in [5, 5.41) is 4.08. The number of rotatable bonds is 3. The van der Waals surface area contributed by atoms with Crippen LogP contribution < -0.4 is 10.0 Å². The Balaban J connectivity index is 2.36. The number of hydrogen-bond donors (Lipinski definition) is 1. The van der Waals surface area contributed by atoms with E-state index in [0.29, 0.717) is 5.69 Å². The number of primary sulfonamides is 1. The smallest absolute Gasteiger partial charge is 0.228 e. The maximum atomic E-state index is 11.8. The van der Waals surface area contributed by atoms with Gasteiger partial charge in [0.1, 0.15) is 5.25 Å². The summed E-state index contributed by atoms with van der Waals surface area (Å²) in [6, 6.07) is 5.82. The van der Waals surface area contributed by atoms with Crippen LogP contribution in [0.15, 0.2) is 29.2 Å². The van der Waals surface area contributed by atoms with E-state index in [1.807, 2.05) is 0 Å². The maximum absolute atomic E-state index is 11.8. The molecule has 0 saturated carbocycles. The minimum Gasteiger partial charge on any atom is -0.311 e. The zero-order chi connectivity index (χ0) is 15.1. The molecule has 20 heavy (non-hydrogen) atoms. The third kappa shape index (κ3) is 3.00. The van der Waals surface area contributed by atoms with E-state index in [4.69, 9.17) is 5.14 Å². The molecule has 0 spiro atoms. The SMILES string of the molecule is CS(=O)(=O)c1cccc(N2CC(S(N)(=O)=O)CC2=O)c1. The number of hydrogen-bond acceptors (Lipinski definition) is 5. The average molecular weight is 318 g/mol. The van der Waals surface area contributed by atoms with Crippen molar-refractivity contribution in [1.82, 2.24) is 0 Å². The molecule has 1 aliphatic heterocycles. The van der Waals surface area contributed by atoms with E-state index in [1.54, 1.807) is 6.07 Å².